The molecule has 6 heteroatoms. The molecule has 1 fully saturated rings. The molecular formula is C27H32O6. The minimum atomic E-state index is -1.14. The van der Waals surface area contributed by atoms with Crippen LogP contribution >= 0.6 is 0 Å². The lowest BCUT2D eigenvalue weighted by atomic mass is 9.39. The summed E-state index contributed by atoms with van der Waals surface area (Å²) in [6.07, 6.45) is 6.58. The number of ketones is 2. The van der Waals surface area contributed by atoms with Gasteiger partial charge in [-0.2, -0.15) is 0 Å². The monoisotopic (exact) mass is 452 g/mol. The Morgan fingerprint density at radius 3 is 2.39 bits per heavy atom. The van der Waals surface area contributed by atoms with Gasteiger partial charge in [0.15, 0.2) is 5.76 Å². The van der Waals surface area contributed by atoms with Crippen molar-refractivity contribution in [3.8, 4) is 0 Å². The van der Waals surface area contributed by atoms with Crippen molar-refractivity contribution in [2.24, 2.45) is 27.6 Å². The molecule has 4 aliphatic carbocycles. The number of carbonyl (C=O) groups excluding carboxylic acids is 2. The third-order valence-corrected chi connectivity index (χ3v) is 9.73. The molecule has 4 aliphatic rings. The van der Waals surface area contributed by atoms with E-state index in [1.54, 1.807) is 33.5 Å². The summed E-state index contributed by atoms with van der Waals surface area (Å²) in [6, 6.07) is 1.86. The Labute approximate surface area is 194 Å². The second kappa shape index (κ2) is 6.57. The number of furan rings is 1. The SMILES string of the molecule is CO[C@H]1CC(=O)C(C)(C)C2=C(O)C(=O)[C@]3(C)[C@H](C=CC4=C(c5ccoc5)C[C@@H](O)[C@]43C)[C@]21C. The van der Waals surface area contributed by atoms with E-state index in [0.717, 1.165) is 16.7 Å². The van der Waals surface area contributed by atoms with Gasteiger partial charge in [-0.15, -0.1) is 0 Å². The molecule has 1 heterocycles. The number of Topliss-reactive ketones (excluding diaryl/α,β-unsaturated/α-hetero) is 2. The number of aliphatic hydroxyl groups is 2. The lowest BCUT2D eigenvalue weighted by Gasteiger charge is -2.63. The van der Waals surface area contributed by atoms with Crippen molar-refractivity contribution < 1.29 is 29.0 Å². The molecule has 0 spiro atoms. The van der Waals surface area contributed by atoms with Crippen LogP contribution in [0.3, 0.4) is 0 Å². The molecule has 1 saturated carbocycles. The van der Waals surface area contributed by atoms with Gasteiger partial charge in [0.2, 0.25) is 5.78 Å². The minimum Gasteiger partial charge on any atom is -0.504 e. The van der Waals surface area contributed by atoms with E-state index in [2.05, 4.69) is 0 Å². The number of rotatable bonds is 2. The molecule has 0 aromatic carbocycles. The number of carbonyl (C=O) groups is 2. The Morgan fingerprint density at radius 1 is 1.09 bits per heavy atom. The van der Waals surface area contributed by atoms with Crippen molar-refractivity contribution >= 4 is 17.1 Å². The molecule has 1 aromatic rings. The van der Waals surface area contributed by atoms with Gasteiger partial charge in [-0.3, -0.25) is 9.59 Å². The average molecular weight is 453 g/mol. The quantitative estimate of drug-likeness (QED) is 0.690. The Bertz CT molecular complexity index is 1150. The van der Waals surface area contributed by atoms with Gasteiger partial charge >= 0.3 is 0 Å². The highest BCUT2D eigenvalue weighted by Crippen LogP contribution is 2.71. The van der Waals surface area contributed by atoms with Crippen LogP contribution in [-0.4, -0.2) is 41.1 Å². The Balaban J connectivity index is 1.82. The Kier molecular flexibility index (Phi) is 4.45. The molecule has 0 saturated heterocycles. The first-order chi connectivity index (χ1) is 15.4. The van der Waals surface area contributed by atoms with Crippen LogP contribution in [0, 0.1) is 27.6 Å². The predicted octanol–water partition coefficient (Wildman–Crippen LogP) is 4.41. The maximum atomic E-state index is 14.1. The zero-order chi connectivity index (χ0) is 24.1. The molecule has 6 nitrogen and oxygen atoms in total. The lowest BCUT2D eigenvalue weighted by molar-refractivity contribution is -0.167. The summed E-state index contributed by atoms with van der Waals surface area (Å²) in [5.74, 6) is -1.21. The average Bonchev–Trinajstić information content (AvgIpc) is 3.37. The second-order valence-electron chi connectivity index (χ2n) is 11.2. The summed E-state index contributed by atoms with van der Waals surface area (Å²) >= 11 is 0. The number of hydrogen-bond donors (Lipinski definition) is 2. The first kappa shape index (κ1) is 22.4. The van der Waals surface area contributed by atoms with Crippen molar-refractivity contribution in [3.63, 3.8) is 0 Å². The van der Waals surface area contributed by atoms with Gasteiger partial charge in [0, 0.05) is 47.7 Å². The molecule has 33 heavy (non-hydrogen) atoms. The van der Waals surface area contributed by atoms with Crippen LogP contribution < -0.4 is 0 Å². The summed E-state index contributed by atoms with van der Waals surface area (Å²) in [5, 5.41) is 22.9. The van der Waals surface area contributed by atoms with E-state index in [4.69, 9.17) is 9.15 Å². The lowest BCUT2D eigenvalue weighted by Crippen LogP contribution is -2.67. The fourth-order valence-electron chi connectivity index (χ4n) is 7.70. The number of hydrogen-bond acceptors (Lipinski definition) is 6. The van der Waals surface area contributed by atoms with Crippen LogP contribution in [0.1, 0.15) is 53.0 Å². The molecule has 0 bridgehead atoms. The summed E-state index contributed by atoms with van der Waals surface area (Å²) in [4.78, 5) is 27.1. The molecule has 0 radical (unpaired) electrons. The van der Waals surface area contributed by atoms with Crippen molar-refractivity contribution in [1.29, 1.82) is 0 Å². The highest BCUT2D eigenvalue weighted by atomic mass is 16.5. The Morgan fingerprint density at radius 2 is 1.79 bits per heavy atom. The highest BCUT2D eigenvalue weighted by Gasteiger charge is 2.72. The minimum absolute atomic E-state index is 0.0560. The fourth-order valence-corrected chi connectivity index (χ4v) is 7.70. The zero-order valence-electron chi connectivity index (χ0n) is 20.1. The first-order valence-corrected chi connectivity index (χ1v) is 11.5. The summed E-state index contributed by atoms with van der Waals surface area (Å²) in [6.45, 7) is 9.34. The fraction of sp³-hybridized carbons (Fsp3) is 0.556. The van der Waals surface area contributed by atoms with E-state index in [0.29, 0.717) is 12.0 Å². The topological polar surface area (TPSA) is 97.0 Å². The van der Waals surface area contributed by atoms with Crippen molar-refractivity contribution in [3.05, 3.63) is 53.2 Å². The standard InChI is InChI=1S/C27H32O6/c1-24(2)18(28)12-20(32-6)25(3)17-8-7-16-15(14-9-10-33-13-14)11-19(29)26(16,4)27(17,5)23(31)21(30)22(24)25/h7-10,13,17,19-20,29-30H,11-12H2,1-6H3/t17-,19-,20+,25+,26+,27+/m1/s1. The maximum Gasteiger partial charge on any atom is 0.204 e. The van der Waals surface area contributed by atoms with Crippen molar-refractivity contribution in [2.75, 3.05) is 7.11 Å². The van der Waals surface area contributed by atoms with Crippen LogP contribution in [-0.2, 0) is 14.3 Å². The zero-order valence-corrected chi connectivity index (χ0v) is 20.1. The number of allylic oxidation sites excluding steroid dienone is 3. The van der Waals surface area contributed by atoms with E-state index in [1.807, 2.05) is 39.0 Å². The molecule has 0 unspecified atom stereocenters. The highest BCUT2D eigenvalue weighted by molar-refractivity contribution is 6.05. The molecule has 1 aromatic heterocycles. The molecule has 176 valence electrons. The summed E-state index contributed by atoms with van der Waals surface area (Å²) < 4.78 is 11.1. The van der Waals surface area contributed by atoms with E-state index in [9.17, 15) is 19.8 Å². The third-order valence-electron chi connectivity index (χ3n) is 9.73. The van der Waals surface area contributed by atoms with Gasteiger partial charge in [0.1, 0.15) is 5.78 Å². The van der Waals surface area contributed by atoms with E-state index in [1.165, 1.54) is 0 Å². The summed E-state index contributed by atoms with van der Waals surface area (Å²) in [7, 11) is 1.57. The van der Waals surface area contributed by atoms with Gasteiger partial charge in [-0.25, -0.2) is 0 Å². The Hall–Kier alpha value is -2.44. The number of aliphatic hydroxyl groups excluding tert-OH is 2. The van der Waals surface area contributed by atoms with Gasteiger partial charge in [-0.1, -0.05) is 32.9 Å². The smallest absolute Gasteiger partial charge is 0.204 e. The number of ether oxygens (including phenoxy) is 1. The molecule has 0 aliphatic heterocycles. The maximum absolute atomic E-state index is 14.1. The van der Waals surface area contributed by atoms with E-state index < -0.39 is 39.7 Å². The van der Waals surface area contributed by atoms with E-state index in [-0.39, 0.29) is 23.9 Å². The van der Waals surface area contributed by atoms with Crippen LogP contribution in [0.4, 0.5) is 0 Å². The second-order valence-corrected chi connectivity index (χ2v) is 11.2. The van der Waals surface area contributed by atoms with Crippen LogP contribution in [0.5, 0.6) is 0 Å². The van der Waals surface area contributed by atoms with Crippen LogP contribution in [0.25, 0.3) is 5.57 Å². The molecule has 0 amide bonds. The van der Waals surface area contributed by atoms with Crippen LogP contribution in [0.2, 0.25) is 0 Å². The van der Waals surface area contributed by atoms with E-state index >= 15 is 0 Å². The van der Waals surface area contributed by atoms with Crippen molar-refractivity contribution in [1.82, 2.24) is 0 Å². The van der Waals surface area contributed by atoms with Gasteiger partial charge in [0.25, 0.3) is 0 Å². The molecule has 6 atom stereocenters. The van der Waals surface area contributed by atoms with Gasteiger partial charge in [-0.05, 0) is 36.6 Å². The first-order valence-electron chi connectivity index (χ1n) is 11.5. The molecule has 5 rings (SSSR count). The van der Waals surface area contributed by atoms with Crippen molar-refractivity contribution in [2.45, 2.75) is 59.7 Å². The van der Waals surface area contributed by atoms with Gasteiger partial charge in [0.05, 0.1) is 30.1 Å². The molecular weight excluding hydrogens is 420 g/mol. The number of fused-ring (bicyclic) bond motifs is 5. The number of methoxy groups -OCH3 is 1. The third kappa shape index (κ3) is 2.31. The van der Waals surface area contributed by atoms with Crippen LogP contribution in [0.15, 0.2) is 52.1 Å². The molecule has 2 N–H and O–H groups in total. The summed E-state index contributed by atoms with van der Waals surface area (Å²) in [5.41, 5.74) is -0.705. The largest absolute Gasteiger partial charge is 0.504 e. The normalized spacial score (nSPS) is 41.8. The van der Waals surface area contributed by atoms with Gasteiger partial charge < -0.3 is 19.4 Å². The predicted molar refractivity (Wildman–Crippen MR) is 122 cm³/mol.